The summed E-state index contributed by atoms with van der Waals surface area (Å²) in [4.78, 5) is 11.9. The van der Waals surface area contributed by atoms with Gasteiger partial charge in [0, 0.05) is 28.9 Å². The molecule has 0 radical (unpaired) electrons. The molecule has 0 aliphatic carbocycles. The maximum atomic E-state index is 13.3. The molecule has 188 valence electrons. The molecule has 36 heavy (non-hydrogen) atoms. The summed E-state index contributed by atoms with van der Waals surface area (Å²) < 4.78 is 55.4. The zero-order valence-corrected chi connectivity index (χ0v) is 21.8. The van der Waals surface area contributed by atoms with E-state index in [2.05, 4.69) is 45.8 Å². The van der Waals surface area contributed by atoms with E-state index in [1.165, 1.54) is 25.7 Å². The lowest BCUT2D eigenvalue weighted by molar-refractivity contribution is 0.391. The molecule has 0 unspecified atom stereocenters. The minimum Gasteiger partial charge on any atom is -0.494 e. The number of anilines is 1. The summed E-state index contributed by atoms with van der Waals surface area (Å²) in [6, 6.07) is 6.91. The van der Waals surface area contributed by atoms with Crippen molar-refractivity contribution in [2.75, 3.05) is 18.9 Å². The van der Waals surface area contributed by atoms with Gasteiger partial charge in [-0.3, -0.25) is 14.3 Å². The summed E-state index contributed by atoms with van der Waals surface area (Å²) >= 11 is 3.39. The van der Waals surface area contributed by atoms with Gasteiger partial charge in [-0.1, -0.05) is 6.07 Å². The molecule has 0 fully saturated rings. The summed E-state index contributed by atoms with van der Waals surface area (Å²) in [7, 11) is -1.05. The average Bonchev–Trinajstić information content (AvgIpc) is 3.27. The largest absolute Gasteiger partial charge is 0.494 e. The number of halogens is 2. The van der Waals surface area contributed by atoms with Gasteiger partial charge in [-0.15, -0.1) is 10.2 Å². The fraction of sp³-hybridized carbons (Fsp3) is 0.227. The highest BCUT2D eigenvalue weighted by atomic mass is 79.9. The second-order valence-corrected chi connectivity index (χ2v) is 10.6. The van der Waals surface area contributed by atoms with Crippen LogP contribution in [0.5, 0.6) is 11.5 Å². The number of benzene rings is 1. The van der Waals surface area contributed by atoms with Crippen LogP contribution in [0.4, 0.5) is 10.3 Å². The molecule has 11 nitrogen and oxygen atoms in total. The Labute approximate surface area is 214 Å². The highest BCUT2D eigenvalue weighted by Gasteiger charge is 2.28. The zero-order chi connectivity index (χ0) is 25.9. The Hall–Kier alpha value is -3.65. The highest BCUT2D eigenvalue weighted by Crippen LogP contribution is 2.38. The number of nitrogens with one attached hydrogen (secondary N) is 1. The fourth-order valence-electron chi connectivity index (χ4n) is 3.37. The lowest BCUT2D eigenvalue weighted by atomic mass is 10.2. The monoisotopic (exact) mass is 577 g/mol. The van der Waals surface area contributed by atoms with E-state index in [4.69, 9.17) is 9.47 Å². The number of rotatable bonds is 9. The second kappa shape index (κ2) is 10.5. The van der Waals surface area contributed by atoms with Crippen molar-refractivity contribution in [2.24, 2.45) is 0 Å². The quantitative estimate of drug-likeness (QED) is 0.317. The third kappa shape index (κ3) is 5.28. The Morgan fingerprint density at radius 3 is 2.36 bits per heavy atom. The van der Waals surface area contributed by atoms with Gasteiger partial charge in [0.2, 0.25) is 16.0 Å². The van der Waals surface area contributed by atoms with E-state index in [9.17, 15) is 12.8 Å². The van der Waals surface area contributed by atoms with Crippen LogP contribution in [0.3, 0.4) is 0 Å². The summed E-state index contributed by atoms with van der Waals surface area (Å²) in [5.41, 5.74) is 0.942. The Kier molecular flexibility index (Phi) is 7.45. The third-order valence-electron chi connectivity index (χ3n) is 5.16. The third-order valence-corrected chi connectivity index (χ3v) is 7.29. The molecule has 4 aromatic rings. The molecule has 1 N–H and O–H groups in total. The predicted octanol–water partition coefficient (Wildman–Crippen LogP) is 3.41. The SMILES string of the molecule is COc1cccc(OC)c1-n1c(NS(=O)(=O)[C@H](C)Cc2ncc(F)cn2)nnc1-c1cncc(Br)c1. The first-order chi connectivity index (χ1) is 17.2. The van der Waals surface area contributed by atoms with Gasteiger partial charge in [-0.2, -0.15) is 0 Å². The number of sulfonamides is 1. The number of ether oxygens (including phenoxy) is 2. The number of nitrogens with zero attached hydrogens (tertiary/aromatic N) is 6. The minimum atomic E-state index is -4.02. The molecule has 14 heteroatoms. The van der Waals surface area contributed by atoms with Crippen LogP contribution in [0.1, 0.15) is 12.7 Å². The Bertz CT molecular complexity index is 1460. The van der Waals surface area contributed by atoms with Crippen molar-refractivity contribution in [1.82, 2.24) is 29.7 Å². The van der Waals surface area contributed by atoms with E-state index in [0.717, 1.165) is 12.4 Å². The molecule has 0 spiro atoms. The second-order valence-electron chi connectivity index (χ2n) is 7.56. The molecule has 4 rings (SSSR count). The molecule has 0 saturated carbocycles. The van der Waals surface area contributed by atoms with Crippen LogP contribution in [0.25, 0.3) is 17.1 Å². The molecule has 1 atom stereocenters. The van der Waals surface area contributed by atoms with Crippen LogP contribution >= 0.6 is 15.9 Å². The van der Waals surface area contributed by atoms with Gasteiger partial charge >= 0.3 is 0 Å². The van der Waals surface area contributed by atoms with E-state index in [1.54, 1.807) is 36.7 Å². The number of hydrogen-bond acceptors (Lipinski definition) is 9. The van der Waals surface area contributed by atoms with Crippen molar-refractivity contribution in [3.05, 3.63) is 65.2 Å². The van der Waals surface area contributed by atoms with Gasteiger partial charge in [0.15, 0.2) is 11.6 Å². The van der Waals surface area contributed by atoms with Gasteiger partial charge < -0.3 is 9.47 Å². The Balaban J connectivity index is 1.81. The molecule has 0 saturated heterocycles. The van der Waals surface area contributed by atoms with E-state index >= 15 is 0 Å². The van der Waals surface area contributed by atoms with Gasteiger partial charge in [0.1, 0.15) is 23.0 Å². The van der Waals surface area contributed by atoms with E-state index in [0.29, 0.717) is 33.0 Å². The molecule has 0 bridgehead atoms. The molecule has 1 aromatic carbocycles. The molecule has 0 amide bonds. The highest BCUT2D eigenvalue weighted by molar-refractivity contribution is 9.10. The number of pyridine rings is 1. The molecule has 0 aliphatic heterocycles. The maximum Gasteiger partial charge on any atom is 0.243 e. The van der Waals surface area contributed by atoms with Crippen LogP contribution in [-0.4, -0.2) is 57.6 Å². The number of methoxy groups -OCH3 is 2. The Morgan fingerprint density at radius 1 is 1.08 bits per heavy atom. The summed E-state index contributed by atoms with van der Waals surface area (Å²) in [5.74, 6) is 0.556. The lowest BCUT2D eigenvalue weighted by Crippen LogP contribution is -2.29. The van der Waals surface area contributed by atoms with Gasteiger partial charge in [0.05, 0.1) is 31.9 Å². The Morgan fingerprint density at radius 2 is 1.75 bits per heavy atom. The van der Waals surface area contributed by atoms with Crippen LogP contribution in [0.15, 0.2) is 53.5 Å². The summed E-state index contributed by atoms with van der Waals surface area (Å²) in [6.07, 6.45) is 5.09. The van der Waals surface area contributed by atoms with Gasteiger partial charge in [0.25, 0.3) is 0 Å². The van der Waals surface area contributed by atoms with Crippen molar-refractivity contribution in [3.63, 3.8) is 0 Å². The van der Waals surface area contributed by atoms with Crippen molar-refractivity contribution in [1.29, 1.82) is 0 Å². The molecule has 0 aliphatic rings. The smallest absolute Gasteiger partial charge is 0.243 e. The van der Waals surface area contributed by atoms with E-state index in [1.807, 2.05) is 0 Å². The summed E-state index contributed by atoms with van der Waals surface area (Å²) in [6.45, 7) is 1.48. The molecular formula is C22H21BrFN7O4S. The molecular weight excluding hydrogens is 557 g/mol. The first kappa shape index (κ1) is 25.4. The van der Waals surface area contributed by atoms with Crippen molar-refractivity contribution < 1.29 is 22.3 Å². The average molecular weight is 578 g/mol. The minimum absolute atomic E-state index is 0.0514. The number of para-hydroxylation sites is 1. The first-order valence-electron chi connectivity index (χ1n) is 10.5. The normalized spacial score (nSPS) is 12.2. The van der Waals surface area contributed by atoms with Crippen LogP contribution in [0.2, 0.25) is 0 Å². The maximum absolute atomic E-state index is 13.3. The molecule has 3 aromatic heterocycles. The fourth-order valence-corrected chi connectivity index (χ4v) is 4.70. The zero-order valence-electron chi connectivity index (χ0n) is 19.4. The van der Waals surface area contributed by atoms with Gasteiger partial charge in [-0.05, 0) is 41.1 Å². The lowest BCUT2D eigenvalue weighted by Gasteiger charge is -2.19. The summed E-state index contributed by atoms with van der Waals surface area (Å²) in [5, 5.41) is 7.38. The topological polar surface area (TPSA) is 134 Å². The molecule has 3 heterocycles. The van der Waals surface area contributed by atoms with Gasteiger partial charge in [-0.25, -0.2) is 22.8 Å². The standard InChI is InChI=1S/C22H21BrFN7O4S/c1-13(7-19-26-11-16(24)12-27-19)36(32,33)30-22-29-28-21(14-8-15(23)10-25-9-14)31(22)20-17(34-2)5-4-6-18(20)35-3/h4-6,8-13H,7H2,1-3H3,(H,29,30)/t13-/m1/s1. The van der Waals surface area contributed by atoms with E-state index < -0.39 is 21.1 Å². The van der Waals surface area contributed by atoms with Crippen LogP contribution in [-0.2, 0) is 16.4 Å². The predicted molar refractivity (Wildman–Crippen MR) is 133 cm³/mol. The van der Waals surface area contributed by atoms with E-state index in [-0.39, 0.29) is 18.2 Å². The van der Waals surface area contributed by atoms with Crippen molar-refractivity contribution in [3.8, 4) is 28.6 Å². The number of aromatic nitrogens is 6. The van der Waals surface area contributed by atoms with Crippen LogP contribution < -0.4 is 14.2 Å². The first-order valence-corrected chi connectivity index (χ1v) is 12.8. The van der Waals surface area contributed by atoms with Crippen LogP contribution in [0, 0.1) is 5.82 Å². The van der Waals surface area contributed by atoms with Crippen molar-refractivity contribution >= 4 is 31.9 Å². The number of hydrogen-bond donors (Lipinski definition) is 1. The van der Waals surface area contributed by atoms with Crippen molar-refractivity contribution in [2.45, 2.75) is 18.6 Å².